The number of nitrogens with zero attached hydrogens (tertiary/aromatic N) is 1. The number of ether oxygens (including phenoxy) is 1. The van der Waals surface area contributed by atoms with E-state index in [9.17, 15) is 8.42 Å². The van der Waals surface area contributed by atoms with Gasteiger partial charge in [-0.05, 0) is 56.3 Å². The van der Waals surface area contributed by atoms with Crippen LogP contribution in [0.5, 0.6) is 5.75 Å². The Labute approximate surface area is 174 Å². The molecule has 0 saturated heterocycles. The van der Waals surface area contributed by atoms with E-state index >= 15 is 0 Å². The number of para-hydroxylation sites is 1. The Morgan fingerprint density at radius 3 is 2.48 bits per heavy atom. The van der Waals surface area contributed by atoms with Gasteiger partial charge in [0, 0.05) is 39.1 Å². The molecule has 29 heavy (non-hydrogen) atoms. The summed E-state index contributed by atoms with van der Waals surface area (Å²) in [5.41, 5.74) is 2.67. The maximum atomic E-state index is 13.1. The van der Waals surface area contributed by atoms with Crippen molar-refractivity contribution in [1.29, 1.82) is 0 Å². The van der Waals surface area contributed by atoms with Gasteiger partial charge in [-0.25, -0.2) is 8.42 Å². The number of benzene rings is 3. The van der Waals surface area contributed by atoms with Crippen molar-refractivity contribution in [2.45, 2.75) is 25.3 Å². The van der Waals surface area contributed by atoms with Crippen LogP contribution in [-0.2, 0) is 16.6 Å². The Morgan fingerprint density at radius 2 is 1.72 bits per heavy atom. The molecular weight excluding hydrogens is 408 g/mol. The minimum absolute atomic E-state index is 0.0166. The van der Waals surface area contributed by atoms with E-state index in [2.05, 4.69) is 22.3 Å². The van der Waals surface area contributed by atoms with Crippen molar-refractivity contribution in [2.75, 3.05) is 11.3 Å². The third-order valence-corrected chi connectivity index (χ3v) is 6.47. The molecule has 0 spiro atoms. The number of halogens is 1. The van der Waals surface area contributed by atoms with Crippen LogP contribution < -0.4 is 9.46 Å². The lowest BCUT2D eigenvalue weighted by Gasteiger charge is -2.13. The summed E-state index contributed by atoms with van der Waals surface area (Å²) in [6, 6.07) is 18.3. The lowest BCUT2D eigenvalue weighted by molar-refractivity contribution is 0.331. The highest BCUT2D eigenvalue weighted by Gasteiger charge is 2.21. The zero-order valence-corrected chi connectivity index (χ0v) is 17.7. The molecule has 150 valence electrons. The molecule has 1 aromatic heterocycles. The molecule has 4 rings (SSSR count). The molecule has 0 amide bonds. The summed E-state index contributed by atoms with van der Waals surface area (Å²) in [7, 11) is -3.88. The molecule has 0 saturated carbocycles. The fourth-order valence-corrected chi connectivity index (χ4v) is 5.09. The standard InChI is InChI=1S/C22H21ClN2O3S/c1-3-25-19-8-6-5-7-17(19)18-14-16(10-11-20(18)25)24-29(26,27)22-13-15(23)9-12-21(22)28-4-2/h5-14,24H,3-4H2,1-2H3. The van der Waals surface area contributed by atoms with Gasteiger partial charge in [-0.15, -0.1) is 0 Å². The maximum Gasteiger partial charge on any atom is 0.265 e. The number of aryl methyl sites for hydroxylation is 1. The predicted molar refractivity (Wildman–Crippen MR) is 119 cm³/mol. The third kappa shape index (κ3) is 3.54. The molecule has 0 aliphatic heterocycles. The number of anilines is 1. The van der Waals surface area contributed by atoms with Crippen LogP contribution >= 0.6 is 11.6 Å². The average molecular weight is 429 g/mol. The van der Waals surface area contributed by atoms with E-state index in [1.54, 1.807) is 25.1 Å². The van der Waals surface area contributed by atoms with Gasteiger partial charge in [0.25, 0.3) is 10.0 Å². The highest BCUT2D eigenvalue weighted by atomic mass is 35.5. The Kier molecular flexibility index (Phi) is 5.15. The maximum absolute atomic E-state index is 13.1. The van der Waals surface area contributed by atoms with Crippen LogP contribution in [0.4, 0.5) is 5.69 Å². The zero-order valence-electron chi connectivity index (χ0n) is 16.1. The van der Waals surface area contributed by atoms with E-state index < -0.39 is 10.0 Å². The van der Waals surface area contributed by atoms with Crippen LogP contribution in [0.3, 0.4) is 0 Å². The highest BCUT2D eigenvalue weighted by Crippen LogP contribution is 2.33. The fraction of sp³-hybridized carbons (Fsp3) is 0.182. The SMILES string of the molecule is CCOc1ccc(Cl)cc1S(=O)(=O)Nc1ccc2c(c1)c1ccccc1n2CC. The van der Waals surface area contributed by atoms with Crippen LogP contribution in [0.25, 0.3) is 21.8 Å². The lowest BCUT2D eigenvalue weighted by atomic mass is 10.1. The fourth-order valence-electron chi connectivity index (χ4n) is 3.63. The quantitative estimate of drug-likeness (QED) is 0.430. The first kappa shape index (κ1) is 19.6. The molecule has 4 aromatic rings. The van der Waals surface area contributed by atoms with Crippen LogP contribution in [-0.4, -0.2) is 19.6 Å². The minimum atomic E-state index is -3.88. The van der Waals surface area contributed by atoms with Gasteiger partial charge < -0.3 is 9.30 Å². The van der Waals surface area contributed by atoms with Crippen molar-refractivity contribution in [3.8, 4) is 5.75 Å². The van der Waals surface area contributed by atoms with Gasteiger partial charge in [-0.2, -0.15) is 0 Å². The first-order chi connectivity index (χ1) is 13.9. The first-order valence-corrected chi connectivity index (χ1v) is 11.3. The number of rotatable bonds is 6. The summed E-state index contributed by atoms with van der Waals surface area (Å²) in [6.07, 6.45) is 0. The van der Waals surface area contributed by atoms with E-state index in [1.807, 2.05) is 30.3 Å². The topological polar surface area (TPSA) is 60.3 Å². The molecule has 0 atom stereocenters. The second-order valence-electron chi connectivity index (χ2n) is 6.62. The molecule has 1 heterocycles. The summed E-state index contributed by atoms with van der Waals surface area (Å²) in [6.45, 7) is 5.08. The number of fused-ring (bicyclic) bond motifs is 3. The molecule has 3 aromatic carbocycles. The molecule has 0 bridgehead atoms. The van der Waals surface area contributed by atoms with Crippen molar-refractivity contribution < 1.29 is 13.2 Å². The van der Waals surface area contributed by atoms with E-state index in [4.69, 9.17) is 16.3 Å². The average Bonchev–Trinajstić information content (AvgIpc) is 3.02. The molecule has 1 N–H and O–H groups in total. The van der Waals surface area contributed by atoms with Crippen molar-refractivity contribution in [2.24, 2.45) is 0 Å². The van der Waals surface area contributed by atoms with Crippen LogP contribution in [0.2, 0.25) is 5.02 Å². The summed E-state index contributed by atoms with van der Waals surface area (Å²) in [5, 5.41) is 2.41. The minimum Gasteiger partial charge on any atom is -0.492 e. The Balaban J connectivity index is 1.80. The van der Waals surface area contributed by atoms with Crippen LogP contribution in [0.15, 0.2) is 65.6 Å². The molecule has 7 heteroatoms. The van der Waals surface area contributed by atoms with Crippen molar-refractivity contribution in [1.82, 2.24) is 4.57 Å². The summed E-state index contributed by atoms with van der Waals surface area (Å²) < 4.78 is 36.5. The van der Waals surface area contributed by atoms with E-state index in [0.29, 0.717) is 17.3 Å². The van der Waals surface area contributed by atoms with Gasteiger partial charge in [0.15, 0.2) is 0 Å². The van der Waals surface area contributed by atoms with Gasteiger partial charge >= 0.3 is 0 Å². The largest absolute Gasteiger partial charge is 0.492 e. The molecule has 5 nitrogen and oxygen atoms in total. The Morgan fingerprint density at radius 1 is 0.966 bits per heavy atom. The number of sulfonamides is 1. The summed E-state index contributed by atoms with van der Waals surface area (Å²) >= 11 is 6.04. The number of aromatic nitrogens is 1. The number of hydrogen-bond acceptors (Lipinski definition) is 3. The Bertz CT molecular complexity index is 1310. The van der Waals surface area contributed by atoms with Crippen molar-refractivity contribution in [3.63, 3.8) is 0 Å². The van der Waals surface area contributed by atoms with E-state index in [1.165, 1.54) is 6.07 Å². The van der Waals surface area contributed by atoms with Gasteiger partial charge in [0.05, 0.1) is 6.61 Å². The second-order valence-corrected chi connectivity index (χ2v) is 8.71. The van der Waals surface area contributed by atoms with Crippen molar-refractivity contribution in [3.05, 3.63) is 65.7 Å². The normalized spacial score (nSPS) is 11.8. The highest BCUT2D eigenvalue weighted by molar-refractivity contribution is 7.92. The number of nitrogens with one attached hydrogen (secondary N) is 1. The van der Waals surface area contributed by atoms with Crippen LogP contribution in [0, 0.1) is 0 Å². The molecule has 0 fully saturated rings. The van der Waals surface area contributed by atoms with Gasteiger partial charge in [0.2, 0.25) is 0 Å². The number of hydrogen-bond donors (Lipinski definition) is 1. The third-order valence-electron chi connectivity index (χ3n) is 4.84. The van der Waals surface area contributed by atoms with Gasteiger partial charge in [0.1, 0.15) is 10.6 Å². The second kappa shape index (κ2) is 7.61. The van der Waals surface area contributed by atoms with Crippen molar-refractivity contribution >= 4 is 49.1 Å². The van der Waals surface area contributed by atoms with E-state index in [0.717, 1.165) is 28.4 Å². The molecular formula is C22H21ClN2O3S. The smallest absolute Gasteiger partial charge is 0.265 e. The summed E-state index contributed by atoms with van der Waals surface area (Å²) in [5.74, 6) is 0.271. The van der Waals surface area contributed by atoms with Gasteiger partial charge in [-0.1, -0.05) is 29.8 Å². The monoisotopic (exact) mass is 428 g/mol. The zero-order chi connectivity index (χ0) is 20.6. The van der Waals surface area contributed by atoms with Crippen LogP contribution in [0.1, 0.15) is 13.8 Å². The van der Waals surface area contributed by atoms with E-state index in [-0.39, 0.29) is 10.6 Å². The van der Waals surface area contributed by atoms with Gasteiger partial charge in [-0.3, -0.25) is 4.72 Å². The first-order valence-electron chi connectivity index (χ1n) is 9.40. The molecule has 0 aliphatic carbocycles. The predicted octanol–water partition coefficient (Wildman–Crippen LogP) is 5.67. The molecule has 0 aliphatic rings. The summed E-state index contributed by atoms with van der Waals surface area (Å²) in [4.78, 5) is 0.0166. The molecule has 0 unspecified atom stereocenters. The lowest BCUT2D eigenvalue weighted by Crippen LogP contribution is -2.14. The molecule has 0 radical (unpaired) electrons. The Hall–Kier alpha value is -2.70.